The van der Waals surface area contributed by atoms with Gasteiger partial charge in [-0.3, -0.25) is 9.69 Å². The summed E-state index contributed by atoms with van der Waals surface area (Å²) in [5, 5.41) is 13.3. The Kier molecular flexibility index (Phi) is 3.48. The minimum Gasteiger partial charge on any atom is -0.480 e. The first-order valence-corrected chi connectivity index (χ1v) is 6.90. The number of hydrogen-bond acceptors (Lipinski definition) is 4. The quantitative estimate of drug-likeness (QED) is 0.871. The molecule has 21 heavy (non-hydrogen) atoms. The topological polar surface area (TPSA) is 84.4 Å². The number of nitrogens with zero attached hydrogens (tertiary/aromatic N) is 3. The van der Waals surface area contributed by atoms with Gasteiger partial charge in [0.25, 0.3) is 0 Å². The van der Waals surface area contributed by atoms with Crippen LogP contribution in [0.1, 0.15) is 12.0 Å². The van der Waals surface area contributed by atoms with Crippen LogP contribution in [-0.4, -0.2) is 44.4 Å². The first-order chi connectivity index (χ1) is 10.1. The Morgan fingerprint density at radius 3 is 2.71 bits per heavy atom. The van der Waals surface area contributed by atoms with Gasteiger partial charge < -0.3 is 10.8 Å². The van der Waals surface area contributed by atoms with Gasteiger partial charge in [0.1, 0.15) is 5.54 Å². The predicted octanol–water partition coefficient (Wildman–Crippen LogP) is 0.860. The van der Waals surface area contributed by atoms with Gasteiger partial charge in [-0.15, -0.1) is 0 Å². The van der Waals surface area contributed by atoms with Gasteiger partial charge in [-0.25, -0.2) is 4.68 Å². The molecule has 0 bridgehead atoms. The average Bonchev–Trinajstić information content (AvgIpc) is 3.11. The Morgan fingerprint density at radius 2 is 2.14 bits per heavy atom. The van der Waals surface area contributed by atoms with Crippen LogP contribution in [0.2, 0.25) is 0 Å². The van der Waals surface area contributed by atoms with Crippen LogP contribution >= 0.6 is 0 Å². The molecule has 3 rings (SSSR count). The van der Waals surface area contributed by atoms with E-state index in [9.17, 15) is 4.79 Å². The van der Waals surface area contributed by atoms with Crippen molar-refractivity contribution in [1.29, 1.82) is 0 Å². The number of carboxylic acids is 1. The van der Waals surface area contributed by atoms with E-state index in [1.54, 1.807) is 10.9 Å². The van der Waals surface area contributed by atoms with E-state index in [0.717, 1.165) is 11.3 Å². The lowest BCUT2D eigenvalue weighted by Crippen LogP contribution is -2.50. The molecule has 3 N–H and O–H groups in total. The van der Waals surface area contributed by atoms with E-state index in [2.05, 4.69) is 10.00 Å². The van der Waals surface area contributed by atoms with Crippen LogP contribution in [0.3, 0.4) is 0 Å². The van der Waals surface area contributed by atoms with Crippen molar-refractivity contribution in [3.8, 4) is 5.69 Å². The number of benzene rings is 1. The van der Waals surface area contributed by atoms with E-state index < -0.39 is 11.5 Å². The Bertz CT molecular complexity index is 624. The second-order valence-electron chi connectivity index (χ2n) is 5.54. The average molecular weight is 286 g/mol. The molecular weight excluding hydrogens is 268 g/mol. The van der Waals surface area contributed by atoms with Crippen LogP contribution in [0, 0.1) is 0 Å². The molecule has 1 aromatic heterocycles. The molecule has 6 heteroatoms. The second kappa shape index (κ2) is 5.31. The van der Waals surface area contributed by atoms with Crippen molar-refractivity contribution in [2.75, 3.05) is 13.1 Å². The number of aliphatic carboxylic acids is 1. The minimum atomic E-state index is -1.10. The zero-order valence-corrected chi connectivity index (χ0v) is 11.6. The number of hydrogen-bond donors (Lipinski definition) is 2. The minimum absolute atomic E-state index is 0.392. The highest BCUT2D eigenvalue weighted by Crippen LogP contribution is 2.21. The van der Waals surface area contributed by atoms with Crippen LogP contribution < -0.4 is 5.73 Å². The van der Waals surface area contributed by atoms with Crippen molar-refractivity contribution in [3.05, 3.63) is 48.3 Å². The number of carbonyl (C=O) groups is 1. The number of aromatic nitrogens is 2. The summed E-state index contributed by atoms with van der Waals surface area (Å²) < 4.78 is 1.80. The zero-order valence-electron chi connectivity index (χ0n) is 11.6. The van der Waals surface area contributed by atoms with Crippen LogP contribution in [-0.2, 0) is 11.3 Å². The predicted molar refractivity (Wildman–Crippen MR) is 78.0 cm³/mol. The molecule has 1 atom stereocenters. The fourth-order valence-electron chi connectivity index (χ4n) is 2.66. The van der Waals surface area contributed by atoms with Gasteiger partial charge in [0.05, 0.1) is 5.69 Å². The van der Waals surface area contributed by atoms with Gasteiger partial charge in [0.15, 0.2) is 0 Å². The molecule has 110 valence electrons. The van der Waals surface area contributed by atoms with Crippen molar-refractivity contribution >= 4 is 5.97 Å². The summed E-state index contributed by atoms with van der Waals surface area (Å²) in [5.41, 5.74) is 6.92. The third-order valence-corrected chi connectivity index (χ3v) is 3.92. The van der Waals surface area contributed by atoms with E-state index in [4.69, 9.17) is 10.8 Å². The highest BCUT2D eigenvalue weighted by molar-refractivity contribution is 5.79. The lowest BCUT2D eigenvalue weighted by molar-refractivity contribution is -0.142. The van der Waals surface area contributed by atoms with Crippen LogP contribution in [0.5, 0.6) is 0 Å². The van der Waals surface area contributed by atoms with E-state index >= 15 is 0 Å². The van der Waals surface area contributed by atoms with Gasteiger partial charge in [0.2, 0.25) is 0 Å². The van der Waals surface area contributed by atoms with Crippen LogP contribution in [0.15, 0.2) is 42.7 Å². The molecule has 1 aliphatic rings. The van der Waals surface area contributed by atoms with E-state index in [1.165, 1.54) is 0 Å². The summed E-state index contributed by atoms with van der Waals surface area (Å²) in [5.74, 6) is -0.918. The van der Waals surface area contributed by atoms with E-state index in [1.807, 2.05) is 36.5 Å². The summed E-state index contributed by atoms with van der Waals surface area (Å²) in [6, 6.07) is 9.96. The maximum absolute atomic E-state index is 11.1. The second-order valence-corrected chi connectivity index (χ2v) is 5.54. The highest BCUT2D eigenvalue weighted by Gasteiger charge is 2.40. The zero-order chi connectivity index (χ0) is 14.9. The first kappa shape index (κ1) is 13.8. The standard InChI is InChI=1S/C15H18N4O2/c16-15(14(20)21)6-9-18(11-15)10-12-2-4-13(5-3-12)19-8-1-7-17-19/h1-5,7-8H,6,9-11,16H2,(H,20,21). The molecular formula is C15H18N4O2. The molecule has 0 aliphatic carbocycles. The fourth-order valence-corrected chi connectivity index (χ4v) is 2.66. The van der Waals surface area contributed by atoms with E-state index in [-0.39, 0.29) is 0 Å². The van der Waals surface area contributed by atoms with Crippen molar-refractivity contribution in [2.45, 2.75) is 18.5 Å². The number of carboxylic acid groups (broad SMARTS) is 1. The molecule has 2 aromatic rings. The molecule has 0 radical (unpaired) electrons. The van der Waals surface area contributed by atoms with Gasteiger partial charge in [-0.1, -0.05) is 12.1 Å². The molecule has 6 nitrogen and oxygen atoms in total. The Hall–Kier alpha value is -2.18. The molecule has 2 heterocycles. The largest absolute Gasteiger partial charge is 0.480 e. The number of nitrogens with two attached hydrogens (primary N) is 1. The van der Waals surface area contributed by atoms with Crippen LogP contribution in [0.25, 0.3) is 5.69 Å². The SMILES string of the molecule is NC1(C(=O)O)CCN(Cc2ccc(-n3cccn3)cc2)C1. The highest BCUT2D eigenvalue weighted by atomic mass is 16.4. The molecule has 1 aromatic carbocycles. The van der Waals surface area contributed by atoms with Crippen molar-refractivity contribution in [2.24, 2.45) is 5.73 Å². The fraction of sp³-hybridized carbons (Fsp3) is 0.333. The van der Waals surface area contributed by atoms with Crippen molar-refractivity contribution in [3.63, 3.8) is 0 Å². The van der Waals surface area contributed by atoms with Gasteiger partial charge in [-0.2, -0.15) is 5.10 Å². The van der Waals surface area contributed by atoms with E-state index in [0.29, 0.717) is 26.1 Å². The van der Waals surface area contributed by atoms with Crippen molar-refractivity contribution in [1.82, 2.24) is 14.7 Å². The van der Waals surface area contributed by atoms with Gasteiger partial charge in [-0.05, 0) is 30.2 Å². The Balaban J connectivity index is 1.65. The Morgan fingerprint density at radius 1 is 1.38 bits per heavy atom. The molecule has 1 unspecified atom stereocenters. The molecule has 0 amide bonds. The molecule has 0 saturated carbocycles. The summed E-state index contributed by atoms with van der Waals surface area (Å²) in [6.07, 6.45) is 4.13. The third-order valence-electron chi connectivity index (χ3n) is 3.92. The summed E-state index contributed by atoms with van der Waals surface area (Å²) in [4.78, 5) is 13.2. The first-order valence-electron chi connectivity index (χ1n) is 6.90. The molecule has 0 spiro atoms. The number of rotatable bonds is 4. The molecule has 1 fully saturated rings. The van der Waals surface area contributed by atoms with Gasteiger partial charge in [0, 0.05) is 32.0 Å². The van der Waals surface area contributed by atoms with Crippen LogP contribution in [0.4, 0.5) is 0 Å². The normalized spacial score (nSPS) is 22.5. The molecule has 1 saturated heterocycles. The maximum Gasteiger partial charge on any atom is 0.325 e. The lowest BCUT2D eigenvalue weighted by atomic mass is 10.0. The smallest absolute Gasteiger partial charge is 0.325 e. The molecule has 1 aliphatic heterocycles. The summed E-state index contributed by atoms with van der Waals surface area (Å²) in [6.45, 7) is 1.82. The third kappa shape index (κ3) is 2.81. The Labute approximate surface area is 122 Å². The lowest BCUT2D eigenvalue weighted by Gasteiger charge is -2.20. The van der Waals surface area contributed by atoms with Gasteiger partial charge >= 0.3 is 5.97 Å². The summed E-state index contributed by atoms with van der Waals surface area (Å²) >= 11 is 0. The maximum atomic E-state index is 11.1. The monoisotopic (exact) mass is 286 g/mol. The summed E-state index contributed by atoms with van der Waals surface area (Å²) in [7, 11) is 0. The number of likely N-dealkylation sites (tertiary alicyclic amines) is 1. The van der Waals surface area contributed by atoms with Crippen molar-refractivity contribution < 1.29 is 9.90 Å².